The summed E-state index contributed by atoms with van der Waals surface area (Å²) >= 11 is 6.54. The molecule has 4 rings (SSSR count). The molecule has 4 aromatic carbocycles. The smallest absolute Gasteiger partial charge is 0.264 e. The number of benzene rings is 4. The zero-order chi connectivity index (χ0) is 31.9. The van der Waals surface area contributed by atoms with E-state index in [0.717, 1.165) is 21.0 Å². The molecule has 0 saturated heterocycles. The average Bonchev–Trinajstić information content (AvgIpc) is 2.99. The molecule has 0 aliphatic carbocycles. The average molecular weight is 632 g/mol. The first-order valence-electron chi connectivity index (χ1n) is 14.5. The molecule has 0 bridgehead atoms. The highest BCUT2D eigenvalue weighted by Crippen LogP contribution is 2.26. The fraction of sp³-hybridized carbons (Fsp3) is 0.257. The Labute approximate surface area is 265 Å². The molecule has 230 valence electrons. The van der Waals surface area contributed by atoms with Crippen LogP contribution in [0.3, 0.4) is 0 Å². The van der Waals surface area contributed by atoms with Crippen molar-refractivity contribution in [1.29, 1.82) is 0 Å². The molecule has 0 radical (unpaired) electrons. The summed E-state index contributed by atoms with van der Waals surface area (Å²) < 4.78 is 29.3. The number of carbonyl (C=O) groups is 2. The Morgan fingerprint density at radius 2 is 1.36 bits per heavy atom. The van der Waals surface area contributed by atoms with Gasteiger partial charge in [-0.25, -0.2) is 8.42 Å². The molecule has 0 aliphatic rings. The molecule has 1 unspecified atom stereocenters. The third-order valence-electron chi connectivity index (χ3n) is 7.21. The number of hydrogen-bond donors (Lipinski definition) is 1. The molecule has 44 heavy (non-hydrogen) atoms. The molecular formula is C35H38ClN3O4S. The lowest BCUT2D eigenvalue weighted by atomic mass is 10.0. The van der Waals surface area contributed by atoms with E-state index in [1.807, 2.05) is 64.1 Å². The van der Waals surface area contributed by atoms with Crippen LogP contribution in [0.15, 0.2) is 108 Å². The van der Waals surface area contributed by atoms with Crippen LogP contribution in [0, 0.1) is 13.8 Å². The summed E-state index contributed by atoms with van der Waals surface area (Å²) in [4.78, 5) is 29.7. The van der Waals surface area contributed by atoms with E-state index in [1.165, 1.54) is 17.0 Å². The van der Waals surface area contributed by atoms with Gasteiger partial charge in [0.05, 0.1) is 10.6 Å². The van der Waals surface area contributed by atoms with Crippen LogP contribution in [-0.2, 0) is 32.6 Å². The largest absolute Gasteiger partial charge is 0.352 e. The van der Waals surface area contributed by atoms with Gasteiger partial charge in [-0.05, 0) is 69.2 Å². The Morgan fingerprint density at radius 1 is 0.795 bits per heavy atom. The van der Waals surface area contributed by atoms with Crippen LogP contribution >= 0.6 is 11.6 Å². The lowest BCUT2D eigenvalue weighted by Gasteiger charge is -2.34. The summed E-state index contributed by atoms with van der Waals surface area (Å²) in [6.45, 7) is 6.97. The minimum atomic E-state index is -4.16. The van der Waals surface area contributed by atoms with Crippen molar-refractivity contribution in [2.24, 2.45) is 0 Å². The Balaban J connectivity index is 1.81. The van der Waals surface area contributed by atoms with Gasteiger partial charge in [0.15, 0.2) is 0 Å². The van der Waals surface area contributed by atoms with Gasteiger partial charge in [0.1, 0.15) is 12.6 Å². The van der Waals surface area contributed by atoms with Crippen molar-refractivity contribution in [3.8, 4) is 0 Å². The van der Waals surface area contributed by atoms with Crippen LogP contribution in [0.4, 0.5) is 5.69 Å². The second-order valence-corrected chi connectivity index (χ2v) is 13.4. The predicted molar refractivity (Wildman–Crippen MR) is 176 cm³/mol. The first kappa shape index (κ1) is 32.8. The van der Waals surface area contributed by atoms with Gasteiger partial charge in [0.25, 0.3) is 10.0 Å². The number of halogens is 1. The van der Waals surface area contributed by atoms with E-state index in [0.29, 0.717) is 16.3 Å². The van der Waals surface area contributed by atoms with Crippen molar-refractivity contribution in [1.82, 2.24) is 10.2 Å². The predicted octanol–water partition coefficient (Wildman–Crippen LogP) is 6.32. The lowest BCUT2D eigenvalue weighted by molar-refractivity contribution is -0.140. The fourth-order valence-corrected chi connectivity index (χ4v) is 6.43. The van der Waals surface area contributed by atoms with E-state index in [4.69, 9.17) is 11.6 Å². The molecule has 2 amide bonds. The van der Waals surface area contributed by atoms with Gasteiger partial charge >= 0.3 is 0 Å². The number of rotatable bonds is 12. The summed E-state index contributed by atoms with van der Waals surface area (Å²) in [5.41, 5.74) is 3.69. The summed E-state index contributed by atoms with van der Waals surface area (Å²) in [5, 5.41) is 3.39. The first-order chi connectivity index (χ1) is 21.0. The molecule has 0 fully saturated rings. The van der Waals surface area contributed by atoms with Gasteiger partial charge in [-0.15, -0.1) is 0 Å². The summed E-state index contributed by atoms with van der Waals surface area (Å²) in [7, 11) is -4.16. The quantitative estimate of drug-likeness (QED) is 0.198. The number of sulfonamides is 1. The number of amides is 2. The van der Waals surface area contributed by atoms with Crippen molar-refractivity contribution in [2.75, 3.05) is 10.8 Å². The highest BCUT2D eigenvalue weighted by molar-refractivity contribution is 7.92. The Bertz CT molecular complexity index is 1680. The molecule has 0 aromatic heterocycles. The van der Waals surface area contributed by atoms with E-state index in [9.17, 15) is 18.0 Å². The lowest BCUT2D eigenvalue weighted by Crippen LogP contribution is -2.54. The van der Waals surface area contributed by atoms with E-state index >= 15 is 0 Å². The first-order valence-corrected chi connectivity index (χ1v) is 16.3. The minimum absolute atomic E-state index is 0.00778. The van der Waals surface area contributed by atoms with Gasteiger partial charge in [-0.3, -0.25) is 13.9 Å². The van der Waals surface area contributed by atoms with E-state index < -0.39 is 28.5 Å². The van der Waals surface area contributed by atoms with Crippen molar-refractivity contribution in [2.45, 2.75) is 57.6 Å². The Hall–Kier alpha value is -4.14. The number of hydrogen-bond acceptors (Lipinski definition) is 4. The van der Waals surface area contributed by atoms with Crippen molar-refractivity contribution < 1.29 is 18.0 Å². The van der Waals surface area contributed by atoms with Crippen molar-refractivity contribution >= 4 is 39.1 Å². The second kappa shape index (κ2) is 14.6. The van der Waals surface area contributed by atoms with Crippen LogP contribution in [0.25, 0.3) is 0 Å². The number of nitrogens with zero attached hydrogens (tertiary/aromatic N) is 2. The molecule has 0 heterocycles. The summed E-state index contributed by atoms with van der Waals surface area (Å²) in [5.74, 6) is -0.881. The van der Waals surface area contributed by atoms with E-state index in [-0.39, 0.29) is 29.8 Å². The molecule has 4 aromatic rings. The molecule has 0 spiro atoms. The maximum Gasteiger partial charge on any atom is 0.264 e. The summed E-state index contributed by atoms with van der Waals surface area (Å²) in [6, 6.07) is 28.9. The third kappa shape index (κ3) is 8.27. The van der Waals surface area contributed by atoms with Crippen molar-refractivity contribution in [3.63, 3.8) is 0 Å². The van der Waals surface area contributed by atoms with Gasteiger partial charge in [0.2, 0.25) is 11.8 Å². The Kier molecular flexibility index (Phi) is 10.8. The topological polar surface area (TPSA) is 86.8 Å². The van der Waals surface area contributed by atoms with Crippen LogP contribution in [0.2, 0.25) is 5.02 Å². The number of anilines is 1. The van der Waals surface area contributed by atoms with Crippen LogP contribution in [0.5, 0.6) is 0 Å². The normalized spacial score (nSPS) is 12.0. The van der Waals surface area contributed by atoms with E-state index in [2.05, 4.69) is 5.32 Å². The molecule has 9 heteroatoms. The second-order valence-electron chi connectivity index (χ2n) is 11.1. The molecule has 7 nitrogen and oxygen atoms in total. The highest BCUT2D eigenvalue weighted by atomic mass is 35.5. The van der Waals surface area contributed by atoms with E-state index in [1.54, 1.807) is 54.6 Å². The Morgan fingerprint density at radius 3 is 1.95 bits per heavy atom. The van der Waals surface area contributed by atoms with Gasteiger partial charge in [-0.1, -0.05) is 95.5 Å². The van der Waals surface area contributed by atoms with Gasteiger partial charge in [0, 0.05) is 24.0 Å². The fourth-order valence-electron chi connectivity index (χ4n) is 4.82. The minimum Gasteiger partial charge on any atom is -0.352 e. The molecule has 0 saturated carbocycles. The summed E-state index contributed by atoms with van der Waals surface area (Å²) in [6.07, 6.45) is 0.227. The number of carbonyl (C=O) groups excluding carboxylic acids is 2. The SMILES string of the molecule is Cc1ccc(N(CC(=O)N(Cc2ccccc2Cl)C(Cc2ccccc2)C(=O)NC(C)C)S(=O)(=O)c2ccc(C)cc2)cc1. The van der Waals surface area contributed by atoms with Gasteiger partial charge < -0.3 is 10.2 Å². The zero-order valence-electron chi connectivity index (χ0n) is 25.4. The maximum atomic E-state index is 14.5. The number of nitrogens with one attached hydrogen (secondary N) is 1. The molecular weight excluding hydrogens is 594 g/mol. The van der Waals surface area contributed by atoms with Crippen LogP contribution in [-0.4, -0.2) is 43.8 Å². The third-order valence-corrected chi connectivity index (χ3v) is 9.37. The molecule has 1 N–H and O–H groups in total. The molecule has 1 atom stereocenters. The standard InChI is InChI=1S/C35H38ClN3O4S/c1-25(2)37-35(41)33(22-28-10-6-5-7-11-28)38(23-29-12-8-9-13-32(29)36)34(40)24-39(30-18-14-26(3)15-19-30)44(42,43)31-20-16-27(4)17-21-31/h5-21,25,33H,22-24H2,1-4H3,(H,37,41). The van der Waals surface area contributed by atoms with Crippen LogP contribution < -0.4 is 9.62 Å². The van der Waals surface area contributed by atoms with Crippen LogP contribution in [0.1, 0.15) is 36.1 Å². The highest BCUT2D eigenvalue weighted by Gasteiger charge is 2.35. The zero-order valence-corrected chi connectivity index (χ0v) is 27.0. The monoisotopic (exact) mass is 631 g/mol. The van der Waals surface area contributed by atoms with Crippen molar-refractivity contribution in [3.05, 3.63) is 130 Å². The molecule has 0 aliphatic heterocycles. The number of aryl methyl sites for hydroxylation is 2. The van der Waals surface area contributed by atoms with Gasteiger partial charge in [-0.2, -0.15) is 0 Å². The maximum absolute atomic E-state index is 14.5.